The largest absolute Gasteiger partial charge is 0.350 e. The SMILES string of the molecule is C=CCN1C(=O)C(=Cc2cc(C(=O)c3ccc(Cl)cc3)cn2C)C(=O)NC1=S. The summed E-state index contributed by atoms with van der Waals surface area (Å²) in [5.41, 5.74) is 1.38. The van der Waals surface area contributed by atoms with Gasteiger partial charge in [-0.15, -0.1) is 6.58 Å². The van der Waals surface area contributed by atoms with Crippen LogP contribution < -0.4 is 5.32 Å². The zero-order chi connectivity index (χ0) is 20.4. The van der Waals surface area contributed by atoms with Crippen molar-refractivity contribution in [2.45, 2.75) is 0 Å². The number of aromatic nitrogens is 1. The number of hydrogen-bond donors (Lipinski definition) is 1. The number of nitrogens with zero attached hydrogens (tertiary/aromatic N) is 2. The van der Waals surface area contributed by atoms with Crippen molar-refractivity contribution in [3.63, 3.8) is 0 Å². The Morgan fingerprint density at radius 2 is 1.93 bits per heavy atom. The van der Waals surface area contributed by atoms with E-state index in [0.717, 1.165) is 0 Å². The van der Waals surface area contributed by atoms with Crippen LogP contribution in [-0.2, 0) is 16.6 Å². The summed E-state index contributed by atoms with van der Waals surface area (Å²) in [4.78, 5) is 38.8. The van der Waals surface area contributed by atoms with Crippen molar-refractivity contribution in [2.24, 2.45) is 7.05 Å². The van der Waals surface area contributed by atoms with Gasteiger partial charge in [0.05, 0.1) is 0 Å². The van der Waals surface area contributed by atoms with Crippen LogP contribution in [0.3, 0.4) is 0 Å². The summed E-state index contributed by atoms with van der Waals surface area (Å²) >= 11 is 10.9. The highest BCUT2D eigenvalue weighted by Gasteiger charge is 2.32. The molecule has 3 rings (SSSR count). The fourth-order valence-corrected chi connectivity index (χ4v) is 3.13. The normalized spacial score (nSPS) is 15.7. The monoisotopic (exact) mass is 413 g/mol. The van der Waals surface area contributed by atoms with Gasteiger partial charge in [-0.2, -0.15) is 0 Å². The van der Waals surface area contributed by atoms with Gasteiger partial charge in [0.2, 0.25) is 0 Å². The first-order valence-electron chi connectivity index (χ1n) is 8.28. The fourth-order valence-electron chi connectivity index (χ4n) is 2.75. The Bertz CT molecular complexity index is 1040. The molecule has 0 bridgehead atoms. The maximum Gasteiger partial charge on any atom is 0.266 e. The van der Waals surface area contributed by atoms with Crippen molar-refractivity contribution < 1.29 is 14.4 Å². The summed E-state index contributed by atoms with van der Waals surface area (Å²) in [5, 5.41) is 3.07. The van der Waals surface area contributed by atoms with Crippen LogP contribution in [0.5, 0.6) is 0 Å². The van der Waals surface area contributed by atoms with Gasteiger partial charge in [-0.3, -0.25) is 24.6 Å². The first-order chi connectivity index (χ1) is 13.3. The second-order valence-electron chi connectivity index (χ2n) is 6.12. The molecule has 1 aromatic heterocycles. The highest BCUT2D eigenvalue weighted by molar-refractivity contribution is 7.80. The second kappa shape index (κ2) is 7.92. The van der Waals surface area contributed by atoms with Gasteiger partial charge in [0, 0.05) is 41.6 Å². The van der Waals surface area contributed by atoms with Gasteiger partial charge in [0.1, 0.15) is 5.57 Å². The van der Waals surface area contributed by atoms with E-state index in [1.807, 2.05) is 0 Å². The molecule has 0 atom stereocenters. The zero-order valence-electron chi connectivity index (χ0n) is 14.9. The van der Waals surface area contributed by atoms with Gasteiger partial charge in [0.15, 0.2) is 10.9 Å². The molecule has 1 aromatic carbocycles. The third-order valence-electron chi connectivity index (χ3n) is 4.20. The van der Waals surface area contributed by atoms with E-state index in [9.17, 15) is 14.4 Å². The van der Waals surface area contributed by atoms with Crippen LogP contribution >= 0.6 is 23.8 Å². The molecular weight excluding hydrogens is 398 g/mol. The second-order valence-corrected chi connectivity index (χ2v) is 6.95. The number of halogens is 1. The molecule has 0 unspecified atom stereocenters. The molecule has 0 aliphatic carbocycles. The van der Waals surface area contributed by atoms with Crippen LogP contribution in [-0.4, -0.2) is 38.7 Å². The summed E-state index contributed by atoms with van der Waals surface area (Å²) in [6.07, 6.45) is 4.60. The van der Waals surface area contributed by atoms with Gasteiger partial charge in [-0.1, -0.05) is 17.7 Å². The Hall–Kier alpha value is -3.03. The first kappa shape index (κ1) is 19.7. The number of carbonyl (C=O) groups is 3. The lowest BCUT2D eigenvalue weighted by atomic mass is 10.1. The van der Waals surface area contributed by atoms with Gasteiger partial charge in [0.25, 0.3) is 11.8 Å². The molecule has 1 fully saturated rings. The van der Waals surface area contributed by atoms with E-state index in [2.05, 4.69) is 11.9 Å². The maximum absolute atomic E-state index is 12.7. The minimum Gasteiger partial charge on any atom is -0.350 e. The molecule has 1 N–H and O–H groups in total. The number of carbonyl (C=O) groups excluding carboxylic acids is 3. The van der Waals surface area contributed by atoms with Gasteiger partial charge in [-0.05, 0) is 48.6 Å². The number of amides is 2. The summed E-state index contributed by atoms with van der Waals surface area (Å²) in [5.74, 6) is -1.28. The zero-order valence-corrected chi connectivity index (χ0v) is 16.5. The Morgan fingerprint density at radius 1 is 1.25 bits per heavy atom. The van der Waals surface area contributed by atoms with E-state index in [1.54, 1.807) is 48.1 Å². The number of nitrogens with one attached hydrogen (secondary N) is 1. The average Bonchev–Trinajstić information content (AvgIpc) is 3.02. The minimum absolute atomic E-state index is 0.0394. The van der Waals surface area contributed by atoms with Gasteiger partial charge in [-0.25, -0.2) is 0 Å². The smallest absolute Gasteiger partial charge is 0.266 e. The number of rotatable bonds is 5. The molecule has 1 aliphatic heterocycles. The fraction of sp³-hybridized carbons (Fsp3) is 0.100. The molecule has 0 spiro atoms. The van der Waals surface area contributed by atoms with E-state index < -0.39 is 11.8 Å². The van der Waals surface area contributed by atoms with Crippen molar-refractivity contribution in [1.29, 1.82) is 0 Å². The molecular formula is C20H16ClN3O3S. The summed E-state index contributed by atoms with van der Waals surface area (Å²) in [6.45, 7) is 3.77. The summed E-state index contributed by atoms with van der Waals surface area (Å²) in [6, 6.07) is 8.19. The van der Waals surface area contributed by atoms with E-state index >= 15 is 0 Å². The lowest BCUT2D eigenvalue weighted by Gasteiger charge is -2.27. The maximum atomic E-state index is 12.7. The molecule has 2 aromatic rings. The third kappa shape index (κ3) is 3.81. The molecule has 8 heteroatoms. The average molecular weight is 414 g/mol. The third-order valence-corrected chi connectivity index (χ3v) is 4.78. The van der Waals surface area contributed by atoms with Gasteiger partial charge < -0.3 is 4.57 Å². The molecule has 0 radical (unpaired) electrons. The van der Waals surface area contributed by atoms with E-state index in [0.29, 0.717) is 21.8 Å². The standard InChI is InChI=1S/C20H16ClN3O3S/c1-3-8-24-19(27)16(18(26)22-20(24)28)10-15-9-13(11-23(15)2)17(25)12-4-6-14(21)7-5-12/h3-7,9-11H,1,8H2,2H3,(H,22,26,28). The Morgan fingerprint density at radius 3 is 2.57 bits per heavy atom. The lowest BCUT2D eigenvalue weighted by Crippen LogP contribution is -2.53. The topological polar surface area (TPSA) is 71.4 Å². The van der Waals surface area contributed by atoms with E-state index in [1.165, 1.54) is 17.1 Å². The first-order valence-corrected chi connectivity index (χ1v) is 9.07. The van der Waals surface area contributed by atoms with Crippen LogP contribution in [0.4, 0.5) is 0 Å². The number of hydrogen-bond acceptors (Lipinski definition) is 4. The Labute approximate surface area is 172 Å². The van der Waals surface area contributed by atoms with Crippen LogP contribution in [0.25, 0.3) is 6.08 Å². The van der Waals surface area contributed by atoms with Crippen molar-refractivity contribution in [1.82, 2.24) is 14.8 Å². The molecule has 1 aliphatic rings. The number of thiocarbonyl (C=S) groups is 1. The predicted molar refractivity (Wildman–Crippen MR) is 111 cm³/mol. The molecule has 142 valence electrons. The Balaban J connectivity index is 1.94. The molecule has 28 heavy (non-hydrogen) atoms. The number of ketones is 1. The Kier molecular flexibility index (Phi) is 5.58. The lowest BCUT2D eigenvalue weighted by molar-refractivity contribution is -0.128. The quantitative estimate of drug-likeness (QED) is 0.269. The van der Waals surface area contributed by atoms with Crippen molar-refractivity contribution in [3.8, 4) is 0 Å². The molecule has 6 nitrogen and oxygen atoms in total. The van der Waals surface area contributed by atoms with Crippen LogP contribution in [0.2, 0.25) is 5.02 Å². The van der Waals surface area contributed by atoms with Crippen molar-refractivity contribution in [2.75, 3.05) is 6.54 Å². The number of benzene rings is 1. The molecule has 1 saturated heterocycles. The van der Waals surface area contributed by atoms with Crippen LogP contribution in [0.1, 0.15) is 21.6 Å². The highest BCUT2D eigenvalue weighted by Crippen LogP contribution is 2.19. The van der Waals surface area contributed by atoms with Crippen LogP contribution in [0.15, 0.2) is 54.8 Å². The summed E-state index contributed by atoms with van der Waals surface area (Å²) < 4.78 is 1.67. The summed E-state index contributed by atoms with van der Waals surface area (Å²) in [7, 11) is 1.72. The van der Waals surface area contributed by atoms with Gasteiger partial charge >= 0.3 is 0 Å². The van der Waals surface area contributed by atoms with Crippen molar-refractivity contribution in [3.05, 3.63) is 76.6 Å². The van der Waals surface area contributed by atoms with Crippen molar-refractivity contribution >= 4 is 52.6 Å². The molecule has 0 saturated carbocycles. The van der Waals surface area contributed by atoms with E-state index in [-0.39, 0.29) is 23.0 Å². The number of aryl methyl sites for hydroxylation is 1. The molecule has 2 heterocycles. The van der Waals surface area contributed by atoms with E-state index in [4.69, 9.17) is 23.8 Å². The minimum atomic E-state index is -0.581. The predicted octanol–water partition coefficient (Wildman–Crippen LogP) is 2.72. The van der Waals surface area contributed by atoms with Crippen LogP contribution in [0, 0.1) is 0 Å². The molecule has 2 amide bonds. The highest BCUT2D eigenvalue weighted by atomic mass is 35.5.